The van der Waals surface area contributed by atoms with Crippen molar-refractivity contribution in [3.8, 4) is 22.5 Å². The van der Waals surface area contributed by atoms with Gasteiger partial charge in [0, 0.05) is 35.8 Å². The third-order valence-electron chi connectivity index (χ3n) is 5.00. The fourth-order valence-electron chi connectivity index (χ4n) is 3.60. The lowest BCUT2D eigenvalue weighted by atomic mass is 10.00. The van der Waals surface area contributed by atoms with Gasteiger partial charge in [-0.05, 0) is 35.4 Å². The molecule has 1 N–H and O–H groups in total. The number of nitrogens with zero attached hydrogens (tertiary/aromatic N) is 4. The second kappa shape index (κ2) is 7.26. The van der Waals surface area contributed by atoms with E-state index in [0.717, 1.165) is 57.2 Å². The van der Waals surface area contributed by atoms with E-state index in [1.54, 1.807) is 6.20 Å². The molecule has 1 aromatic carbocycles. The normalized spacial score (nSPS) is 14.5. The number of anilines is 1. The Labute approximate surface area is 168 Å². The highest BCUT2D eigenvalue weighted by atomic mass is 32.1. The molecule has 0 aliphatic carbocycles. The van der Waals surface area contributed by atoms with Crippen molar-refractivity contribution in [3.63, 3.8) is 0 Å². The van der Waals surface area contributed by atoms with Gasteiger partial charge in [0.15, 0.2) is 0 Å². The van der Waals surface area contributed by atoms with Crippen LogP contribution in [0.2, 0.25) is 0 Å². The van der Waals surface area contributed by atoms with Crippen molar-refractivity contribution in [1.29, 1.82) is 0 Å². The molecule has 1 aliphatic heterocycles. The number of ether oxygens (including phenoxy) is 1. The first-order valence-electron chi connectivity index (χ1n) is 9.22. The molecule has 5 rings (SSSR count). The number of nitrogens with one attached hydrogen (secondary N) is 1. The van der Waals surface area contributed by atoms with E-state index >= 15 is 0 Å². The van der Waals surface area contributed by atoms with Crippen molar-refractivity contribution >= 4 is 29.3 Å². The maximum absolute atomic E-state index is 5.52. The van der Waals surface area contributed by atoms with Crippen molar-refractivity contribution in [2.24, 2.45) is 0 Å². The van der Waals surface area contributed by atoms with Crippen molar-refractivity contribution in [2.45, 2.75) is 4.90 Å². The smallest absolute Gasteiger partial charge is 0.130 e. The van der Waals surface area contributed by atoms with Crippen molar-refractivity contribution in [3.05, 3.63) is 54.9 Å². The summed E-state index contributed by atoms with van der Waals surface area (Å²) in [6, 6.07) is 14.2. The number of rotatable bonds is 3. The van der Waals surface area contributed by atoms with E-state index in [1.165, 1.54) is 0 Å². The molecule has 1 fully saturated rings. The summed E-state index contributed by atoms with van der Waals surface area (Å²) in [5.41, 5.74) is 4.67. The van der Waals surface area contributed by atoms with Gasteiger partial charge in [0.2, 0.25) is 0 Å². The minimum atomic E-state index is 0.707. The molecule has 3 aromatic heterocycles. The highest BCUT2D eigenvalue weighted by Crippen LogP contribution is 2.37. The first-order valence-corrected chi connectivity index (χ1v) is 9.66. The summed E-state index contributed by atoms with van der Waals surface area (Å²) in [6.45, 7) is 3.05. The van der Waals surface area contributed by atoms with E-state index in [9.17, 15) is 0 Å². The number of hydrogen-bond acceptors (Lipinski definition) is 6. The number of thiol groups is 1. The molecule has 7 heteroatoms. The quantitative estimate of drug-likeness (QED) is 0.522. The molecule has 140 valence electrons. The van der Waals surface area contributed by atoms with Crippen LogP contribution in [0.1, 0.15) is 0 Å². The molecular formula is C21H19N5OS. The minimum absolute atomic E-state index is 0.707. The van der Waals surface area contributed by atoms with Gasteiger partial charge in [0.05, 0.1) is 18.9 Å². The Balaban J connectivity index is 1.80. The average Bonchev–Trinajstić information content (AvgIpc) is 3.28. The molecule has 4 aromatic rings. The van der Waals surface area contributed by atoms with Crippen LogP contribution >= 0.6 is 12.6 Å². The number of benzene rings is 1. The molecule has 1 saturated heterocycles. The van der Waals surface area contributed by atoms with Crippen LogP contribution in [0.4, 0.5) is 5.82 Å². The van der Waals surface area contributed by atoms with Crippen LogP contribution in [0.5, 0.6) is 0 Å². The summed E-state index contributed by atoms with van der Waals surface area (Å²) < 4.78 is 5.52. The van der Waals surface area contributed by atoms with E-state index in [0.29, 0.717) is 13.2 Å². The molecule has 6 nitrogen and oxygen atoms in total. The van der Waals surface area contributed by atoms with Gasteiger partial charge in [0.1, 0.15) is 17.0 Å². The minimum Gasteiger partial charge on any atom is -0.378 e. The van der Waals surface area contributed by atoms with E-state index in [1.807, 2.05) is 36.5 Å². The summed E-state index contributed by atoms with van der Waals surface area (Å²) in [5, 5.41) is 8.13. The lowest BCUT2D eigenvalue weighted by molar-refractivity contribution is 0.122. The number of morpholine rings is 1. The first kappa shape index (κ1) is 17.2. The van der Waals surface area contributed by atoms with E-state index < -0.39 is 0 Å². The topological polar surface area (TPSA) is 66.9 Å². The molecule has 0 amide bonds. The highest BCUT2D eigenvalue weighted by Gasteiger charge is 2.19. The average molecular weight is 389 g/mol. The maximum atomic E-state index is 5.52. The van der Waals surface area contributed by atoms with Crippen molar-refractivity contribution in [2.75, 3.05) is 31.2 Å². The first-order chi connectivity index (χ1) is 13.8. The number of aromatic nitrogens is 4. The van der Waals surface area contributed by atoms with Gasteiger partial charge in [-0.15, -0.1) is 12.6 Å². The monoisotopic (exact) mass is 389 g/mol. The molecule has 0 saturated carbocycles. The molecule has 0 unspecified atom stereocenters. The summed E-state index contributed by atoms with van der Waals surface area (Å²) in [6.07, 6.45) is 3.55. The molecule has 4 heterocycles. The Morgan fingerprint density at radius 3 is 2.64 bits per heavy atom. The number of hydrogen-bond donors (Lipinski definition) is 2. The van der Waals surface area contributed by atoms with Gasteiger partial charge in [-0.2, -0.15) is 5.10 Å². The van der Waals surface area contributed by atoms with Crippen LogP contribution in [-0.4, -0.2) is 46.5 Å². The van der Waals surface area contributed by atoms with Crippen LogP contribution in [0.25, 0.3) is 33.4 Å². The predicted molar refractivity (Wildman–Crippen MR) is 113 cm³/mol. The third-order valence-corrected chi connectivity index (χ3v) is 5.39. The van der Waals surface area contributed by atoms with Crippen LogP contribution in [0.15, 0.2) is 59.8 Å². The van der Waals surface area contributed by atoms with E-state index in [2.05, 4.69) is 32.2 Å². The second-order valence-corrected chi connectivity index (χ2v) is 7.15. The zero-order chi connectivity index (χ0) is 18.9. The predicted octanol–water partition coefficient (Wildman–Crippen LogP) is 3.81. The number of H-pyrrole nitrogens is 1. The van der Waals surface area contributed by atoms with Crippen LogP contribution in [-0.2, 0) is 4.74 Å². The van der Waals surface area contributed by atoms with Gasteiger partial charge in [-0.1, -0.05) is 18.2 Å². The molecule has 0 atom stereocenters. The summed E-state index contributed by atoms with van der Waals surface area (Å²) in [5.74, 6) is 0.927. The Hall–Kier alpha value is -2.90. The van der Waals surface area contributed by atoms with Crippen molar-refractivity contribution < 1.29 is 4.74 Å². The van der Waals surface area contributed by atoms with Crippen LogP contribution < -0.4 is 4.90 Å². The highest BCUT2D eigenvalue weighted by molar-refractivity contribution is 7.80. The van der Waals surface area contributed by atoms with E-state index in [-0.39, 0.29) is 0 Å². The maximum Gasteiger partial charge on any atom is 0.130 e. The Morgan fingerprint density at radius 2 is 1.86 bits per heavy atom. The molecule has 28 heavy (non-hydrogen) atoms. The molecule has 0 radical (unpaired) electrons. The van der Waals surface area contributed by atoms with E-state index in [4.69, 9.17) is 22.3 Å². The fourth-order valence-corrected chi connectivity index (χ4v) is 3.88. The lowest BCUT2D eigenvalue weighted by Gasteiger charge is -2.28. The van der Waals surface area contributed by atoms with Gasteiger partial charge in [0.25, 0.3) is 0 Å². The zero-order valence-electron chi connectivity index (χ0n) is 15.2. The molecule has 1 aliphatic rings. The number of pyridine rings is 2. The zero-order valence-corrected chi connectivity index (χ0v) is 16.1. The Kier molecular flexibility index (Phi) is 4.46. The van der Waals surface area contributed by atoms with Crippen molar-refractivity contribution in [1.82, 2.24) is 20.2 Å². The van der Waals surface area contributed by atoms with Gasteiger partial charge >= 0.3 is 0 Å². The lowest BCUT2D eigenvalue weighted by Crippen LogP contribution is -2.36. The Bertz CT molecular complexity index is 1120. The van der Waals surface area contributed by atoms with Crippen LogP contribution in [0, 0.1) is 0 Å². The number of aromatic amines is 1. The molecule has 0 spiro atoms. The third kappa shape index (κ3) is 3.02. The van der Waals surface area contributed by atoms with Gasteiger partial charge in [-0.25, -0.2) is 4.98 Å². The molecule has 0 bridgehead atoms. The fraction of sp³-hybridized carbons (Fsp3) is 0.190. The van der Waals surface area contributed by atoms with Gasteiger partial charge in [-0.3, -0.25) is 10.1 Å². The summed E-state index contributed by atoms with van der Waals surface area (Å²) >= 11 is 4.70. The van der Waals surface area contributed by atoms with Gasteiger partial charge < -0.3 is 9.64 Å². The van der Waals surface area contributed by atoms with Crippen LogP contribution in [0.3, 0.4) is 0 Å². The number of fused-ring (bicyclic) bond motifs is 1. The standard InChI is InChI=1S/C21H19N5OS/c28-18-4-2-1-3-14(18)16-13-19(26-9-11-27-12-10-26)24-20-15(16)5-7-22-21(20)17-6-8-23-25-17/h1-8,13,28H,9-12H2,(H,23,25). The molecular weight excluding hydrogens is 370 g/mol. The summed E-state index contributed by atoms with van der Waals surface area (Å²) in [4.78, 5) is 12.8. The Morgan fingerprint density at radius 1 is 1.00 bits per heavy atom. The largest absolute Gasteiger partial charge is 0.378 e. The second-order valence-electron chi connectivity index (χ2n) is 6.67. The summed E-state index contributed by atoms with van der Waals surface area (Å²) in [7, 11) is 0. The SMILES string of the molecule is Sc1ccccc1-c1cc(N2CCOCC2)nc2c(-c3ccn[nH]3)nccc12.